The van der Waals surface area contributed by atoms with E-state index < -0.39 is 0 Å². The van der Waals surface area contributed by atoms with Crippen molar-refractivity contribution in [2.45, 2.75) is 17.9 Å². The Bertz CT molecular complexity index is 600. The van der Waals surface area contributed by atoms with E-state index in [1.165, 1.54) is 11.8 Å². The largest absolute Gasteiger partial charge is 0.350 e. The Labute approximate surface area is 133 Å². The summed E-state index contributed by atoms with van der Waals surface area (Å²) < 4.78 is 1.57. The Hall–Kier alpha value is -1.46. The molecule has 6 heteroatoms. The van der Waals surface area contributed by atoms with Gasteiger partial charge in [0.25, 0.3) is 5.91 Å². The first-order valence-electron chi connectivity index (χ1n) is 6.69. The van der Waals surface area contributed by atoms with E-state index in [0.29, 0.717) is 22.8 Å². The van der Waals surface area contributed by atoms with Gasteiger partial charge in [-0.2, -0.15) is 11.8 Å². The second-order valence-electron chi connectivity index (χ2n) is 4.79. The summed E-state index contributed by atoms with van der Waals surface area (Å²) >= 11 is 7.63. The van der Waals surface area contributed by atoms with Gasteiger partial charge in [0, 0.05) is 24.6 Å². The predicted octanol–water partition coefficient (Wildman–Crippen LogP) is 3.13. The number of benzene rings is 1. The van der Waals surface area contributed by atoms with Gasteiger partial charge in [-0.15, -0.1) is 0 Å². The fourth-order valence-electron chi connectivity index (χ4n) is 1.80. The van der Waals surface area contributed by atoms with Gasteiger partial charge in [0.15, 0.2) is 0 Å². The maximum absolute atomic E-state index is 12.0. The smallest absolute Gasteiger partial charge is 0.269 e. The highest BCUT2D eigenvalue weighted by Crippen LogP contribution is 2.17. The number of hydrogen-bond donors (Lipinski definition) is 1. The fraction of sp³-hybridized carbons (Fsp3) is 0.333. The number of rotatable bonds is 6. The molecule has 1 N–H and O–H groups in total. The fourth-order valence-corrected chi connectivity index (χ4v) is 2.81. The Balaban J connectivity index is 1.77. The normalized spacial score (nSPS) is 12.1. The summed E-state index contributed by atoms with van der Waals surface area (Å²) in [5.74, 6) is 0.791. The number of thioether (sulfide) groups is 1. The molecule has 1 heterocycles. The van der Waals surface area contributed by atoms with E-state index in [1.54, 1.807) is 11.6 Å². The van der Waals surface area contributed by atoms with E-state index in [1.807, 2.05) is 30.0 Å². The van der Waals surface area contributed by atoms with Crippen molar-refractivity contribution in [3.05, 3.63) is 53.1 Å². The molecule has 2 aromatic rings. The Morgan fingerprint density at radius 1 is 1.43 bits per heavy atom. The van der Waals surface area contributed by atoms with Crippen LogP contribution in [0.4, 0.5) is 0 Å². The summed E-state index contributed by atoms with van der Waals surface area (Å²) in [7, 11) is 1.72. The van der Waals surface area contributed by atoms with Crippen molar-refractivity contribution in [3.63, 3.8) is 0 Å². The minimum Gasteiger partial charge on any atom is -0.350 e. The highest BCUT2D eigenvalue weighted by atomic mass is 35.5. The van der Waals surface area contributed by atoms with Crippen LogP contribution in [0, 0.1) is 0 Å². The quantitative estimate of drug-likeness (QED) is 0.888. The number of aromatic nitrogens is 2. The van der Waals surface area contributed by atoms with Crippen molar-refractivity contribution < 1.29 is 4.79 Å². The zero-order valence-electron chi connectivity index (χ0n) is 12.0. The predicted molar refractivity (Wildman–Crippen MR) is 87.8 cm³/mol. The maximum atomic E-state index is 12.0. The zero-order valence-corrected chi connectivity index (χ0v) is 13.6. The van der Waals surface area contributed by atoms with Gasteiger partial charge in [0.1, 0.15) is 5.69 Å². The molecule has 112 valence electrons. The zero-order chi connectivity index (χ0) is 15.2. The van der Waals surface area contributed by atoms with Crippen LogP contribution in [0.25, 0.3) is 0 Å². The van der Waals surface area contributed by atoms with Crippen molar-refractivity contribution in [2.24, 2.45) is 7.05 Å². The molecule has 0 aliphatic carbocycles. The Morgan fingerprint density at radius 2 is 2.14 bits per heavy atom. The number of carbonyl (C=O) groups is 1. The van der Waals surface area contributed by atoms with Gasteiger partial charge in [0.2, 0.25) is 5.28 Å². The van der Waals surface area contributed by atoms with Gasteiger partial charge >= 0.3 is 0 Å². The summed E-state index contributed by atoms with van der Waals surface area (Å²) in [5.41, 5.74) is 1.76. The lowest BCUT2D eigenvalue weighted by molar-refractivity contribution is 0.0946. The molecule has 0 aliphatic rings. The van der Waals surface area contributed by atoms with E-state index >= 15 is 0 Å². The monoisotopic (exact) mass is 323 g/mol. The first-order chi connectivity index (χ1) is 10.1. The number of amides is 1. The number of nitrogens with zero attached hydrogens (tertiary/aromatic N) is 2. The molecule has 0 saturated heterocycles. The minimum atomic E-state index is -0.149. The molecule has 0 saturated carbocycles. The highest BCUT2D eigenvalue weighted by molar-refractivity contribution is 7.99. The van der Waals surface area contributed by atoms with Crippen LogP contribution in [-0.2, 0) is 12.8 Å². The third kappa shape index (κ3) is 4.51. The first-order valence-corrected chi connectivity index (χ1v) is 8.11. The van der Waals surface area contributed by atoms with Crippen LogP contribution < -0.4 is 5.32 Å². The number of nitrogens with one attached hydrogen (secondary N) is 1. The standard InChI is InChI=1S/C15H18ClN3OS/c1-11(21-10-12-6-4-3-5-7-12)8-17-14(20)13-9-18-15(16)19(13)2/h3-7,9,11H,8,10H2,1-2H3,(H,17,20). The van der Waals surface area contributed by atoms with Crippen LogP contribution in [0.15, 0.2) is 36.5 Å². The number of carbonyl (C=O) groups excluding carboxylic acids is 1. The second-order valence-corrected chi connectivity index (χ2v) is 6.55. The molecule has 0 aliphatic heterocycles. The molecule has 1 aromatic carbocycles. The lowest BCUT2D eigenvalue weighted by atomic mass is 10.2. The van der Waals surface area contributed by atoms with Crippen LogP contribution in [0.5, 0.6) is 0 Å². The molecule has 1 amide bonds. The third-order valence-electron chi connectivity index (χ3n) is 3.09. The molecule has 21 heavy (non-hydrogen) atoms. The van der Waals surface area contributed by atoms with Gasteiger partial charge in [-0.25, -0.2) is 4.98 Å². The van der Waals surface area contributed by atoms with Gasteiger partial charge < -0.3 is 9.88 Å². The van der Waals surface area contributed by atoms with E-state index in [4.69, 9.17) is 11.6 Å². The molecular formula is C15H18ClN3OS. The molecule has 1 aromatic heterocycles. The summed E-state index contributed by atoms with van der Waals surface area (Å²) in [4.78, 5) is 15.9. The van der Waals surface area contributed by atoms with Crippen molar-refractivity contribution in [1.82, 2.24) is 14.9 Å². The second kappa shape index (κ2) is 7.52. The Kier molecular flexibility index (Phi) is 5.70. The van der Waals surface area contributed by atoms with Gasteiger partial charge in [-0.1, -0.05) is 37.3 Å². The van der Waals surface area contributed by atoms with Gasteiger partial charge in [-0.3, -0.25) is 4.79 Å². The molecule has 1 atom stereocenters. The summed E-state index contributed by atoms with van der Waals surface area (Å²) in [6, 6.07) is 10.3. The van der Waals surface area contributed by atoms with Crippen molar-refractivity contribution in [1.29, 1.82) is 0 Å². The van der Waals surface area contributed by atoms with Crippen LogP contribution in [0.1, 0.15) is 23.0 Å². The SMILES string of the molecule is CC(CNC(=O)c1cnc(Cl)n1C)SCc1ccccc1. The number of halogens is 1. The lowest BCUT2D eigenvalue weighted by Gasteiger charge is -2.12. The van der Waals surface area contributed by atoms with Gasteiger partial charge in [-0.05, 0) is 17.2 Å². The Morgan fingerprint density at radius 3 is 2.76 bits per heavy atom. The molecule has 2 rings (SSSR count). The molecule has 0 fully saturated rings. The van der Waals surface area contributed by atoms with Crippen LogP contribution in [0.2, 0.25) is 5.28 Å². The summed E-state index contributed by atoms with van der Waals surface area (Å²) in [6.45, 7) is 2.71. The van der Waals surface area contributed by atoms with E-state index in [9.17, 15) is 4.79 Å². The van der Waals surface area contributed by atoms with E-state index in [-0.39, 0.29) is 5.91 Å². The average Bonchev–Trinajstić information content (AvgIpc) is 2.83. The average molecular weight is 324 g/mol. The first kappa shape index (κ1) is 15.9. The molecule has 0 bridgehead atoms. The number of imidazole rings is 1. The number of hydrogen-bond acceptors (Lipinski definition) is 3. The van der Waals surface area contributed by atoms with Crippen molar-refractivity contribution in [3.8, 4) is 0 Å². The highest BCUT2D eigenvalue weighted by Gasteiger charge is 2.13. The molecule has 0 spiro atoms. The van der Waals surface area contributed by atoms with Crippen LogP contribution in [-0.4, -0.2) is 27.3 Å². The molecule has 0 radical (unpaired) electrons. The molecule has 4 nitrogen and oxygen atoms in total. The summed E-state index contributed by atoms with van der Waals surface area (Å²) in [6.07, 6.45) is 1.49. The maximum Gasteiger partial charge on any atom is 0.269 e. The minimum absolute atomic E-state index is 0.149. The van der Waals surface area contributed by atoms with Crippen LogP contribution in [0.3, 0.4) is 0 Å². The lowest BCUT2D eigenvalue weighted by Crippen LogP contribution is -2.30. The van der Waals surface area contributed by atoms with Crippen molar-refractivity contribution in [2.75, 3.05) is 6.54 Å². The third-order valence-corrected chi connectivity index (χ3v) is 4.68. The van der Waals surface area contributed by atoms with E-state index in [2.05, 4.69) is 29.4 Å². The van der Waals surface area contributed by atoms with E-state index in [0.717, 1.165) is 5.75 Å². The summed E-state index contributed by atoms with van der Waals surface area (Å²) in [5, 5.41) is 3.55. The molecule has 1 unspecified atom stereocenters. The van der Waals surface area contributed by atoms with Gasteiger partial charge in [0.05, 0.1) is 6.20 Å². The molecular weight excluding hydrogens is 306 g/mol. The van der Waals surface area contributed by atoms with Crippen molar-refractivity contribution >= 4 is 29.3 Å². The topological polar surface area (TPSA) is 46.9 Å². The van der Waals surface area contributed by atoms with Crippen LogP contribution >= 0.6 is 23.4 Å².